The van der Waals surface area contributed by atoms with E-state index in [2.05, 4.69) is 15.9 Å². The third-order valence-corrected chi connectivity index (χ3v) is 2.89. The van der Waals surface area contributed by atoms with Crippen molar-refractivity contribution in [2.24, 2.45) is 0 Å². The second-order valence-corrected chi connectivity index (χ2v) is 6.15. The molecule has 3 nitrogen and oxygen atoms in total. The Morgan fingerprint density at radius 2 is 1.65 bits per heavy atom. The van der Waals surface area contributed by atoms with Gasteiger partial charge in [0, 0.05) is 18.9 Å². The molecular formula is C13H26BrNO2. The molecule has 0 aromatic rings. The SMILES string of the molecule is CN(CCCCCCCBr)C(=O)OC(C)(C)C. The predicted octanol–water partition coefficient (Wildman–Crippen LogP) is 4.20. The van der Waals surface area contributed by atoms with E-state index in [0.29, 0.717) is 0 Å². The van der Waals surface area contributed by atoms with Crippen LogP contribution in [0.1, 0.15) is 52.9 Å². The maximum Gasteiger partial charge on any atom is 0.410 e. The fourth-order valence-electron chi connectivity index (χ4n) is 1.40. The van der Waals surface area contributed by atoms with E-state index in [1.54, 1.807) is 11.9 Å². The van der Waals surface area contributed by atoms with E-state index >= 15 is 0 Å². The van der Waals surface area contributed by atoms with E-state index in [4.69, 9.17) is 4.74 Å². The number of alkyl halides is 1. The summed E-state index contributed by atoms with van der Waals surface area (Å²) in [6, 6.07) is 0. The lowest BCUT2D eigenvalue weighted by Gasteiger charge is -2.24. The topological polar surface area (TPSA) is 29.5 Å². The minimum Gasteiger partial charge on any atom is -0.444 e. The highest BCUT2D eigenvalue weighted by atomic mass is 79.9. The van der Waals surface area contributed by atoms with Gasteiger partial charge in [0.05, 0.1) is 0 Å². The summed E-state index contributed by atoms with van der Waals surface area (Å²) in [4.78, 5) is 13.3. The van der Waals surface area contributed by atoms with Gasteiger partial charge in [-0.05, 0) is 33.6 Å². The molecule has 1 amide bonds. The minimum atomic E-state index is -0.402. The molecule has 0 rings (SSSR count). The second kappa shape index (κ2) is 8.78. The third kappa shape index (κ3) is 10.6. The molecule has 0 heterocycles. The third-order valence-electron chi connectivity index (χ3n) is 2.33. The first kappa shape index (κ1) is 16.8. The van der Waals surface area contributed by atoms with E-state index in [-0.39, 0.29) is 6.09 Å². The molecule has 0 aliphatic carbocycles. The highest BCUT2D eigenvalue weighted by Crippen LogP contribution is 2.10. The smallest absolute Gasteiger partial charge is 0.410 e. The summed E-state index contributed by atoms with van der Waals surface area (Å²) in [5.41, 5.74) is -0.402. The van der Waals surface area contributed by atoms with Crippen LogP contribution in [-0.2, 0) is 4.74 Å². The number of amides is 1. The van der Waals surface area contributed by atoms with Crippen LogP contribution < -0.4 is 0 Å². The molecule has 0 N–H and O–H groups in total. The second-order valence-electron chi connectivity index (χ2n) is 5.36. The molecule has 0 saturated heterocycles. The Labute approximate surface area is 114 Å². The Balaban J connectivity index is 3.58. The Morgan fingerprint density at radius 3 is 2.18 bits per heavy atom. The Kier molecular flexibility index (Phi) is 8.66. The van der Waals surface area contributed by atoms with Crippen molar-refractivity contribution >= 4 is 22.0 Å². The van der Waals surface area contributed by atoms with Crippen LogP contribution >= 0.6 is 15.9 Å². The van der Waals surface area contributed by atoms with Crippen molar-refractivity contribution < 1.29 is 9.53 Å². The van der Waals surface area contributed by atoms with Crippen LogP contribution in [0.4, 0.5) is 4.79 Å². The number of unbranched alkanes of at least 4 members (excludes halogenated alkanes) is 4. The fraction of sp³-hybridized carbons (Fsp3) is 0.923. The molecule has 0 unspecified atom stereocenters. The molecule has 0 aliphatic rings. The zero-order chi connectivity index (χ0) is 13.3. The molecule has 0 atom stereocenters. The predicted molar refractivity (Wildman–Crippen MR) is 75.7 cm³/mol. The van der Waals surface area contributed by atoms with E-state index in [1.165, 1.54) is 25.7 Å². The van der Waals surface area contributed by atoms with Crippen molar-refractivity contribution in [2.45, 2.75) is 58.5 Å². The van der Waals surface area contributed by atoms with Crippen LogP contribution in [0.2, 0.25) is 0 Å². The molecule has 4 heteroatoms. The molecule has 0 aliphatic heterocycles. The van der Waals surface area contributed by atoms with Gasteiger partial charge in [0.15, 0.2) is 0 Å². The van der Waals surface area contributed by atoms with Gasteiger partial charge >= 0.3 is 6.09 Å². The number of hydrogen-bond donors (Lipinski definition) is 0. The first-order chi connectivity index (χ1) is 7.87. The number of nitrogens with zero attached hydrogens (tertiary/aromatic N) is 1. The molecule has 0 fully saturated rings. The highest BCUT2D eigenvalue weighted by molar-refractivity contribution is 9.09. The lowest BCUT2D eigenvalue weighted by Crippen LogP contribution is -2.34. The Bertz CT molecular complexity index is 214. The van der Waals surface area contributed by atoms with Crippen LogP contribution in [0.3, 0.4) is 0 Å². The lowest BCUT2D eigenvalue weighted by molar-refractivity contribution is 0.0296. The number of rotatable bonds is 7. The van der Waals surface area contributed by atoms with Crippen molar-refractivity contribution in [3.63, 3.8) is 0 Å². The van der Waals surface area contributed by atoms with Crippen molar-refractivity contribution in [3.05, 3.63) is 0 Å². The average molecular weight is 308 g/mol. The molecule has 0 bridgehead atoms. The van der Waals surface area contributed by atoms with Crippen LogP contribution in [0.25, 0.3) is 0 Å². The van der Waals surface area contributed by atoms with Crippen molar-refractivity contribution in [1.29, 1.82) is 0 Å². The van der Waals surface area contributed by atoms with Crippen molar-refractivity contribution in [3.8, 4) is 0 Å². The van der Waals surface area contributed by atoms with Gasteiger partial charge < -0.3 is 9.64 Å². The molecule has 0 saturated carbocycles. The number of carbonyl (C=O) groups is 1. The van der Waals surface area contributed by atoms with E-state index in [0.717, 1.165) is 18.3 Å². The number of halogens is 1. The zero-order valence-corrected chi connectivity index (χ0v) is 13.2. The molecule has 102 valence electrons. The molecule has 0 aromatic carbocycles. The standard InChI is InChI=1S/C13H26BrNO2/c1-13(2,3)17-12(16)15(4)11-9-7-5-6-8-10-14/h5-11H2,1-4H3. The maximum absolute atomic E-state index is 11.6. The van der Waals surface area contributed by atoms with Gasteiger partial charge in [0.25, 0.3) is 0 Å². The summed E-state index contributed by atoms with van der Waals surface area (Å²) >= 11 is 3.42. The minimum absolute atomic E-state index is 0.224. The van der Waals surface area contributed by atoms with Gasteiger partial charge in [0.1, 0.15) is 5.60 Å². The number of hydrogen-bond acceptors (Lipinski definition) is 2. The molecule has 0 radical (unpaired) electrons. The summed E-state index contributed by atoms with van der Waals surface area (Å²) in [6.07, 6.45) is 5.76. The summed E-state index contributed by atoms with van der Waals surface area (Å²) in [5.74, 6) is 0. The summed E-state index contributed by atoms with van der Waals surface area (Å²) in [7, 11) is 1.80. The lowest BCUT2D eigenvalue weighted by atomic mass is 10.1. The molecule has 17 heavy (non-hydrogen) atoms. The first-order valence-electron chi connectivity index (χ1n) is 6.37. The van der Waals surface area contributed by atoms with E-state index in [9.17, 15) is 4.79 Å². The number of carbonyl (C=O) groups excluding carboxylic acids is 1. The van der Waals surface area contributed by atoms with Gasteiger partial charge in [-0.2, -0.15) is 0 Å². The first-order valence-corrected chi connectivity index (χ1v) is 7.49. The molecule has 0 aromatic heterocycles. The van der Waals surface area contributed by atoms with Crippen LogP contribution in [0.5, 0.6) is 0 Å². The summed E-state index contributed by atoms with van der Waals surface area (Å²) in [5, 5.41) is 1.09. The van der Waals surface area contributed by atoms with Gasteiger partial charge in [-0.25, -0.2) is 4.79 Å². The van der Waals surface area contributed by atoms with Gasteiger partial charge in [0.2, 0.25) is 0 Å². The summed E-state index contributed by atoms with van der Waals surface area (Å²) < 4.78 is 5.28. The quantitative estimate of drug-likeness (QED) is 0.521. The average Bonchev–Trinajstić information content (AvgIpc) is 2.20. The molecular weight excluding hydrogens is 282 g/mol. The monoisotopic (exact) mass is 307 g/mol. The van der Waals surface area contributed by atoms with Gasteiger partial charge in [-0.15, -0.1) is 0 Å². The number of ether oxygens (including phenoxy) is 1. The fourth-order valence-corrected chi connectivity index (χ4v) is 1.80. The van der Waals surface area contributed by atoms with Crippen LogP contribution in [0.15, 0.2) is 0 Å². The zero-order valence-electron chi connectivity index (χ0n) is 11.6. The Morgan fingerprint density at radius 1 is 1.12 bits per heavy atom. The summed E-state index contributed by atoms with van der Waals surface area (Å²) in [6.45, 7) is 6.44. The van der Waals surface area contributed by atoms with E-state index < -0.39 is 5.60 Å². The largest absolute Gasteiger partial charge is 0.444 e. The van der Waals surface area contributed by atoms with Crippen molar-refractivity contribution in [2.75, 3.05) is 18.9 Å². The van der Waals surface area contributed by atoms with Crippen LogP contribution in [-0.4, -0.2) is 35.5 Å². The van der Waals surface area contributed by atoms with Crippen molar-refractivity contribution in [1.82, 2.24) is 4.90 Å². The van der Waals surface area contributed by atoms with Gasteiger partial charge in [-0.1, -0.05) is 35.2 Å². The highest BCUT2D eigenvalue weighted by Gasteiger charge is 2.18. The maximum atomic E-state index is 11.6. The van der Waals surface area contributed by atoms with Gasteiger partial charge in [-0.3, -0.25) is 0 Å². The van der Waals surface area contributed by atoms with E-state index in [1.807, 2.05) is 20.8 Å². The van der Waals surface area contributed by atoms with Crippen LogP contribution in [0, 0.1) is 0 Å². The Hall–Kier alpha value is -0.250. The normalized spacial score (nSPS) is 11.4. The molecule has 0 spiro atoms.